The Labute approximate surface area is 157 Å². The van der Waals surface area contributed by atoms with Gasteiger partial charge in [0.25, 0.3) is 5.16 Å². The molecule has 0 N–H and O–H groups in total. The van der Waals surface area contributed by atoms with Crippen molar-refractivity contribution in [2.45, 2.75) is 18.5 Å². The number of hydrogen-bond acceptors (Lipinski definition) is 6. The van der Waals surface area contributed by atoms with Gasteiger partial charge in [-0.3, -0.25) is 4.31 Å². The highest BCUT2D eigenvalue weighted by atomic mass is 32.2. The van der Waals surface area contributed by atoms with E-state index in [-0.39, 0.29) is 5.69 Å². The van der Waals surface area contributed by atoms with Crippen LogP contribution in [0.3, 0.4) is 0 Å². The van der Waals surface area contributed by atoms with Gasteiger partial charge in [0, 0.05) is 27.2 Å². The van der Waals surface area contributed by atoms with Crippen LogP contribution >= 0.6 is 0 Å². The fourth-order valence-corrected chi connectivity index (χ4v) is 3.31. The summed E-state index contributed by atoms with van der Waals surface area (Å²) in [6, 6.07) is 4.45. The van der Waals surface area contributed by atoms with Crippen LogP contribution in [0.2, 0.25) is 0 Å². The quantitative estimate of drug-likeness (QED) is 0.668. The lowest BCUT2D eigenvalue weighted by atomic mass is 10.3. The summed E-state index contributed by atoms with van der Waals surface area (Å²) in [6.07, 6.45) is 1.78. The van der Waals surface area contributed by atoms with E-state index in [1.807, 2.05) is 6.92 Å². The first-order chi connectivity index (χ1) is 12.8. The second kappa shape index (κ2) is 8.91. The number of benzene rings is 1. The molecule has 1 aromatic heterocycles. The smallest absolute Gasteiger partial charge is 0.346 e. The first-order valence-electron chi connectivity index (χ1n) is 8.25. The number of amides is 1. The summed E-state index contributed by atoms with van der Waals surface area (Å²) in [5.74, 6) is -0.482. The predicted molar refractivity (Wildman–Crippen MR) is 96.5 cm³/mol. The van der Waals surface area contributed by atoms with Crippen LogP contribution < -0.4 is 4.31 Å². The van der Waals surface area contributed by atoms with Gasteiger partial charge >= 0.3 is 16.1 Å². The molecule has 0 aliphatic rings. The molecule has 27 heavy (non-hydrogen) atoms. The zero-order chi connectivity index (χ0) is 20.0. The molecule has 9 nitrogen and oxygen atoms in total. The molecule has 0 aliphatic heterocycles. The van der Waals surface area contributed by atoms with Gasteiger partial charge in [-0.2, -0.15) is 13.1 Å². The Balaban J connectivity index is 2.24. The summed E-state index contributed by atoms with van der Waals surface area (Å²) in [4.78, 5) is 17.8. The summed E-state index contributed by atoms with van der Waals surface area (Å²) in [7, 11) is -1.27. The van der Waals surface area contributed by atoms with Crippen molar-refractivity contribution in [1.82, 2.24) is 19.7 Å². The summed E-state index contributed by atoms with van der Waals surface area (Å²) < 4.78 is 45.2. The van der Waals surface area contributed by atoms with Gasteiger partial charge in [-0.25, -0.2) is 14.2 Å². The Morgan fingerprint density at radius 3 is 2.52 bits per heavy atom. The van der Waals surface area contributed by atoms with Crippen LogP contribution in [0, 0.1) is 5.82 Å². The minimum absolute atomic E-state index is 0.242. The molecule has 148 valence electrons. The molecule has 0 aliphatic carbocycles. The number of sulfonamides is 1. The van der Waals surface area contributed by atoms with E-state index in [2.05, 4.69) is 10.1 Å². The van der Waals surface area contributed by atoms with Crippen LogP contribution in [-0.2, 0) is 14.8 Å². The topological polar surface area (TPSA) is 97.6 Å². The molecule has 0 fully saturated rings. The Bertz CT molecular complexity index is 869. The van der Waals surface area contributed by atoms with Gasteiger partial charge in [-0.15, -0.1) is 5.10 Å². The van der Waals surface area contributed by atoms with Crippen molar-refractivity contribution in [2.24, 2.45) is 0 Å². The highest BCUT2D eigenvalue weighted by molar-refractivity contribution is 7.92. The maximum atomic E-state index is 13.0. The maximum Gasteiger partial charge on any atom is 0.346 e. The molecular formula is C16H22FN5O4S. The Morgan fingerprint density at radius 1 is 1.26 bits per heavy atom. The van der Waals surface area contributed by atoms with E-state index in [0.717, 1.165) is 33.9 Å². The summed E-state index contributed by atoms with van der Waals surface area (Å²) in [5.41, 5.74) is 0.242. The number of carbonyl (C=O) groups excluding carboxylic acids is 1. The lowest BCUT2D eigenvalue weighted by Crippen LogP contribution is -2.38. The zero-order valence-corrected chi connectivity index (χ0v) is 16.2. The normalized spacial score (nSPS) is 11.4. The number of ether oxygens (including phenoxy) is 1. The molecule has 0 unspecified atom stereocenters. The van der Waals surface area contributed by atoms with Gasteiger partial charge in [0.1, 0.15) is 12.1 Å². The van der Waals surface area contributed by atoms with Gasteiger partial charge in [0.2, 0.25) is 0 Å². The van der Waals surface area contributed by atoms with Crippen molar-refractivity contribution in [3.05, 3.63) is 36.4 Å². The molecule has 1 aromatic carbocycles. The largest absolute Gasteiger partial charge is 0.383 e. The van der Waals surface area contributed by atoms with Gasteiger partial charge < -0.3 is 9.64 Å². The predicted octanol–water partition coefficient (Wildman–Crippen LogP) is 1.57. The number of rotatable bonds is 8. The highest BCUT2D eigenvalue weighted by Crippen LogP contribution is 2.20. The lowest BCUT2D eigenvalue weighted by molar-refractivity contribution is 0.148. The van der Waals surface area contributed by atoms with E-state index in [4.69, 9.17) is 4.74 Å². The fraction of sp³-hybridized carbons (Fsp3) is 0.438. The van der Waals surface area contributed by atoms with Gasteiger partial charge in [0.05, 0.1) is 12.3 Å². The van der Waals surface area contributed by atoms with Gasteiger partial charge in [-0.1, -0.05) is 6.92 Å². The minimum atomic E-state index is -4.10. The van der Waals surface area contributed by atoms with Crippen molar-refractivity contribution in [3.8, 4) is 0 Å². The Hall–Kier alpha value is -2.53. The van der Waals surface area contributed by atoms with E-state index in [0.29, 0.717) is 19.7 Å². The fourth-order valence-electron chi connectivity index (χ4n) is 2.29. The molecular weight excluding hydrogens is 377 g/mol. The first kappa shape index (κ1) is 20.8. The van der Waals surface area contributed by atoms with Crippen molar-refractivity contribution >= 4 is 21.7 Å². The molecule has 0 atom stereocenters. The Kier molecular flexibility index (Phi) is 6.86. The van der Waals surface area contributed by atoms with Crippen molar-refractivity contribution in [1.29, 1.82) is 0 Å². The summed E-state index contributed by atoms with van der Waals surface area (Å²) in [5, 5.41) is 3.30. The molecule has 2 rings (SSSR count). The second-order valence-corrected chi connectivity index (χ2v) is 7.55. The molecule has 0 bridgehead atoms. The first-order valence-corrected chi connectivity index (χ1v) is 9.69. The lowest BCUT2D eigenvalue weighted by Gasteiger charge is -2.20. The van der Waals surface area contributed by atoms with Crippen molar-refractivity contribution in [2.75, 3.05) is 38.2 Å². The number of hydrogen-bond donors (Lipinski definition) is 0. The van der Waals surface area contributed by atoms with Gasteiger partial charge in [0.15, 0.2) is 0 Å². The Morgan fingerprint density at radius 2 is 1.93 bits per heavy atom. The average Bonchev–Trinajstić information content (AvgIpc) is 3.15. The number of halogens is 1. The van der Waals surface area contributed by atoms with Crippen molar-refractivity contribution < 1.29 is 22.3 Å². The number of methoxy groups -OCH3 is 1. The van der Waals surface area contributed by atoms with Crippen LogP contribution in [-0.4, -0.2) is 68.0 Å². The SMILES string of the molecule is CCCN(CCOC)C(=O)n1cnc(S(=O)(=O)N(C)c2ccc(F)cc2)n1. The molecule has 1 amide bonds. The van der Waals surface area contributed by atoms with Crippen LogP contribution in [0.15, 0.2) is 35.7 Å². The van der Waals surface area contributed by atoms with E-state index in [1.165, 1.54) is 31.2 Å². The monoisotopic (exact) mass is 399 g/mol. The molecule has 2 aromatic rings. The van der Waals surface area contributed by atoms with E-state index >= 15 is 0 Å². The van der Waals surface area contributed by atoms with Crippen LogP contribution in [0.5, 0.6) is 0 Å². The molecule has 0 radical (unpaired) electrons. The third-order valence-corrected chi connectivity index (χ3v) is 5.36. The average molecular weight is 399 g/mol. The standard InChI is InChI=1S/C16H22FN5O4S/c1-4-9-21(10-11-26-3)16(23)22-12-18-15(19-22)27(24,25)20(2)14-7-5-13(17)6-8-14/h5-8,12H,4,9-11H2,1-3H3. The number of nitrogens with zero attached hydrogens (tertiary/aromatic N) is 5. The third kappa shape index (κ3) is 4.80. The van der Waals surface area contributed by atoms with Crippen LogP contribution in [0.4, 0.5) is 14.9 Å². The molecule has 11 heteroatoms. The second-order valence-electron chi connectivity index (χ2n) is 5.68. The number of anilines is 1. The molecule has 0 spiro atoms. The highest BCUT2D eigenvalue weighted by Gasteiger charge is 2.27. The summed E-state index contributed by atoms with van der Waals surface area (Å²) >= 11 is 0. The van der Waals surface area contributed by atoms with Gasteiger partial charge in [-0.05, 0) is 30.7 Å². The third-order valence-electron chi connectivity index (χ3n) is 3.78. The number of aromatic nitrogens is 3. The number of carbonyl (C=O) groups is 1. The molecule has 0 saturated carbocycles. The van der Waals surface area contributed by atoms with Crippen LogP contribution in [0.1, 0.15) is 13.3 Å². The van der Waals surface area contributed by atoms with E-state index in [1.54, 1.807) is 0 Å². The molecule has 0 saturated heterocycles. The maximum absolute atomic E-state index is 13.0. The van der Waals surface area contributed by atoms with E-state index in [9.17, 15) is 17.6 Å². The van der Waals surface area contributed by atoms with Crippen LogP contribution in [0.25, 0.3) is 0 Å². The molecule has 1 heterocycles. The minimum Gasteiger partial charge on any atom is -0.383 e. The summed E-state index contributed by atoms with van der Waals surface area (Å²) in [6.45, 7) is 3.08. The van der Waals surface area contributed by atoms with E-state index < -0.39 is 27.0 Å². The van der Waals surface area contributed by atoms with Crippen molar-refractivity contribution in [3.63, 3.8) is 0 Å². The zero-order valence-electron chi connectivity index (χ0n) is 15.4.